The molecule has 0 bridgehead atoms. The number of pyridine rings is 1. The Labute approximate surface area is 219 Å². The number of nitrogens with zero attached hydrogens (tertiary/aromatic N) is 3. The zero-order valence-electron chi connectivity index (χ0n) is 21.7. The molecule has 1 saturated heterocycles. The van der Waals surface area contributed by atoms with Gasteiger partial charge < -0.3 is 24.0 Å². The number of aryl methyl sites for hydroxylation is 1. The molecule has 0 spiro atoms. The second-order valence-electron chi connectivity index (χ2n) is 10.1. The average molecular weight is 514 g/mol. The molecular weight excluding hydrogens is 482 g/mol. The van der Waals surface area contributed by atoms with Crippen LogP contribution in [0.4, 0.5) is 0 Å². The lowest BCUT2D eigenvalue weighted by atomic mass is 10.0. The summed E-state index contributed by atoms with van der Waals surface area (Å²) in [6, 6.07) is 15.3. The highest BCUT2D eigenvalue weighted by atomic mass is 16.5. The molecule has 2 unspecified atom stereocenters. The van der Waals surface area contributed by atoms with E-state index in [9.17, 15) is 9.59 Å². The Morgan fingerprint density at radius 1 is 0.947 bits per heavy atom. The van der Waals surface area contributed by atoms with Gasteiger partial charge in [0.1, 0.15) is 16.8 Å². The van der Waals surface area contributed by atoms with Crippen molar-refractivity contribution < 1.29 is 9.47 Å². The summed E-state index contributed by atoms with van der Waals surface area (Å²) in [7, 11) is 1.73. The standard InChI is InChI=1S/C29H31N5O4/c1-18-15-33(16-19(2)37-18)13-14-34-24-10-9-22(23-17-32(3)28(35)25-21(23)11-12-30-25)27(26(24)31-29(34)36)38-20-7-5-4-6-8-20/h4-12,17-19,30H,13-16H2,1-3H3,(H,31,36). The van der Waals surface area contributed by atoms with E-state index < -0.39 is 0 Å². The molecule has 196 valence electrons. The molecule has 0 radical (unpaired) electrons. The number of morpholine rings is 1. The van der Waals surface area contributed by atoms with E-state index in [0.717, 1.165) is 41.7 Å². The molecule has 1 fully saturated rings. The first-order valence-corrected chi connectivity index (χ1v) is 12.9. The van der Waals surface area contributed by atoms with Crippen molar-refractivity contribution in [2.45, 2.75) is 32.6 Å². The lowest BCUT2D eigenvalue weighted by Crippen LogP contribution is -2.46. The summed E-state index contributed by atoms with van der Waals surface area (Å²) in [5.74, 6) is 1.19. The molecule has 1 aliphatic heterocycles. The van der Waals surface area contributed by atoms with Crippen LogP contribution in [0.15, 0.2) is 70.5 Å². The van der Waals surface area contributed by atoms with Gasteiger partial charge in [0.2, 0.25) is 0 Å². The quantitative estimate of drug-likeness (QED) is 0.357. The molecule has 5 aromatic rings. The van der Waals surface area contributed by atoms with E-state index in [2.05, 4.69) is 28.7 Å². The molecule has 4 heterocycles. The number of rotatable bonds is 6. The molecule has 0 amide bonds. The van der Waals surface area contributed by atoms with E-state index in [1.165, 1.54) is 0 Å². The first-order valence-electron chi connectivity index (χ1n) is 12.9. The van der Waals surface area contributed by atoms with Crippen molar-refractivity contribution in [2.75, 3.05) is 19.6 Å². The van der Waals surface area contributed by atoms with E-state index >= 15 is 0 Å². The van der Waals surface area contributed by atoms with Gasteiger partial charge in [0.05, 0.1) is 17.7 Å². The van der Waals surface area contributed by atoms with Crippen LogP contribution in [0.5, 0.6) is 11.5 Å². The van der Waals surface area contributed by atoms with Crippen LogP contribution in [-0.4, -0.2) is 55.8 Å². The first kappa shape index (κ1) is 24.3. The summed E-state index contributed by atoms with van der Waals surface area (Å²) < 4.78 is 15.6. The molecule has 2 N–H and O–H groups in total. The van der Waals surface area contributed by atoms with Crippen LogP contribution in [0, 0.1) is 0 Å². The number of nitrogens with one attached hydrogen (secondary N) is 2. The number of aromatic amines is 2. The fourth-order valence-corrected chi connectivity index (χ4v) is 5.54. The highest BCUT2D eigenvalue weighted by Gasteiger charge is 2.24. The Kier molecular flexibility index (Phi) is 6.17. The van der Waals surface area contributed by atoms with Gasteiger partial charge >= 0.3 is 5.69 Å². The number of H-pyrrole nitrogens is 2. The van der Waals surface area contributed by atoms with Crippen LogP contribution in [-0.2, 0) is 18.3 Å². The van der Waals surface area contributed by atoms with E-state index in [1.54, 1.807) is 22.4 Å². The lowest BCUT2D eigenvalue weighted by Gasteiger charge is -2.35. The number of ether oxygens (including phenoxy) is 2. The van der Waals surface area contributed by atoms with Crippen molar-refractivity contribution in [3.05, 3.63) is 81.8 Å². The maximum absolute atomic E-state index is 13.2. The average Bonchev–Trinajstić information content (AvgIpc) is 3.50. The third kappa shape index (κ3) is 4.33. The Morgan fingerprint density at radius 3 is 2.47 bits per heavy atom. The smallest absolute Gasteiger partial charge is 0.326 e. The van der Waals surface area contributed by atoms with Crippen molar-refractivity contribution in [1.82, 2.24) is 24.0 Å². The van der Waals surface area contributed by atoms with E-state index in [0.29, 0.717) is 29.1 Å². The van der Waals surface area contributed by atoms with Crippen LogP contribution < -0.4 is 16.0 Å². The number of aromatic nitrogens is 4. The largest absolute Gasteiger partial charge is 0.454 e. The van der Waals surface area contributed by atoms with Gasteiger partial charge in [-0.25, -0.2) is 4.79 Å². The predicted octanol–water partition coefficient (Wildman–Crippen LogP) is 4.08. The molecule has 3 aromatic heterocycles. The summed E-state index contributed by atoms with van der Waals surface area (Å²) in [6.45, 7) is 7.13. The molecule has 0 saturated carbocycles. The third-order valence-corrected chi connectivity index (χ3v) is 7.19. The predicted molar refractivity (Wildman–Crippen MR) is 148 cm³/mol. The van der Waals surface area contributed by atoms with E-state index in [-0.39, 0.29) is 23.5 Å². The zero-order valence-corrected chi connectivity index (χ0v) is 21.7. The first-order chi connectivity index (χ1) is 18.4. The normalized spacial score (nSPS) is 18.4. The van der Waals surface area contributed by atoms with E-state index in [4.69, 9.17) is 9.47 Å². The molecule has 6 rings (SSSR count). The Balaban J connectivity index is 1.47. The minimum Gasteiger partial charge on any atom is -0.454 e. The molecular formula is C29H31N5O4. The summed E-state index contributed by atoms with van der Waals surface area (Å²) in [5, 5.41) is 0.794. The Hall–Kier alpha value is -4.08. The Bertz CT molecular complexity index is 1720. The minimum atomic E-state index is -0.184. The highest BCUT2D eigenvalue weighted by Crippen LogP contribution is 2.40. The SMILES string of the molecule is CC1CN(CCn2c(=O)[nH]c3c(Oc4ccccc4)c(-c4cn(C)c(=O)c5[nH]ccc45)ccc32)CC(C)O1. The summed E-state index contributed by atoms with van der Waals surface area (Å²) in [5.41, 5.74) is 3.25. The van der Waals surface area contributed by atoms with Crippen LogP contribution in [0.3, 0.4) is 0 Å². The zero-order chi connectivity index (χ0) is 26.4. The molecule has 9 heteroatoms. The van der Waals surface area contributed by atoms with Crippen molar-refractivity contribution in [1.29, 1.82) is 0 Å². The van der Waals surface area contributed by atoms with Gasteiger partial charge in [-0.15, -0.1) is 0 Å². The van der Waals surface area contributed by atoms with Crippen molar-refractivity contribution in [3.8, 4) is 22.6 Å². The topological polar surface area (TPSA) is 97.3 Å². The summed E-state index contributed by atoms with van der Waals surface area (Å²) >= 11 is 0. The van der Waals surface area contributed by atoms with Gasteiger partial charge in [-0.1, -0.05) is 18.2 Å². The number of hydrogen-bond acceptors (Lipinski definition) is 5. The maximum atomic E-state index is 13.2. The molecule has 38 heavy (non-hydrogen) atoms. The summed E-state index contributed by atoms with van der Waals surface area (Å²) in [4.78, 5) is 34.4. The fourth-order valence-electron chi connectivity index (χ4n) is 5.54. The number of imidazole rings is 1. The van der Waals surface area contributed by atoms with Crippen LogP contribution in [0.2, 0.25) is 0 Å². The highest BCUT2D eigenvalue weighted by molar-refractivity contribution is 6.00. The molecule has 1 aliphatic rings. The van der Waals surface area contributed by atoms with Crippen LogP contribution in [0.1, 0.15) is 13.8 Å². The van der Waals surface area contributed by atoms with Gasteiger partial charge in [-0.3, -0.25) is 14.3 Å². The van der Waals surface area contributed by atoms with Crippen LogP contribution in [0.25, 0.3) is 33.1 Å². The second-order valence-corrected chi connectivity index (χ2v) is 10.1. The minimum absolute atomic E-state index is 0.105. The fraction of sp³-hybridized carbons (Fsp3) is 0.310. The number of fused-ring (bicyclic) bond motifs is 2. The van der Waals surface area contributed by atoms with Crippen LogP contribution >= 0.6 is 0 Å². The van der Waals surface area contributed by atoms with E-state index in [1.807, 2.05) is 54.7 Å². The molecule has 2 atom stereocenters. The van der Waals surface area contributed by atoms with Crippen molar-refractivity contribution in [3.63, 3.8) is 0 Å². The molecule has 2 aromatic carbocycles. The van der Waals surface area contributed by atoms with Gasteiger partial charge in [-0.2, -0.15) is 0 Å². The van der Waals surface area contributed by atoms with Gasteiger partial charge in [-0.05, 0) is 44.2 Å². The molecule has 0 aliphatic carbocycles. The monoisotopic (exact) mass is 513 g/mol. The summed E-state index contributed by atoms with van der Waals surface area (Å²) in [6.07, 6.45) is 3.91. The van der Waals surface area contributed by atoms with Gasteiger partial charge in [0.15, 0.2) is 5.75 Å². The number of hydrogen-bond donors (Lipinski definition) is 2. The van der Waals surface area contributed by atoms with Gasteiger partial charge in [0, 0.05) is 62.1 Å². The second kappa shape index (κ2) is 9.66. The van der Waals surface area contributed by atoms with Crippen molar-refractivity contribution >= 4 is 21.9 Å². The molecule has 9 nitrogen and oxygen atoms in total. The maximum Gasteiger partial charge on any atom is 0.326 e. The lowest BCUT2D eigenvalue weighted by molar-refractivity contribution is -0.0685. The van der Waals surface area contributed by atoms with Crippen molar-refractivity contribution in [2.24, 2.45) is 7.05 Å². The Morgan fingerprint density at radius 2 is 1.71 bits per heavy atom. The number of benzene rings is 2. The number of para-hydroxylation sites is 1. The third-order valence-electron chi connectivity index (χ3n) is 7.19. The van der Waals surface area contributed by atoms with Gasteiger partial charge in [0.25, 0.3) is 5.56 Å².